The maximum absolute atomic E-state index is 11.8. The minimum Gasteiger partial charge on any atom is -0.368 e. The van der Waals surface area contributed by atoms with Gasteiger partial charge in [0, 0.05) is 26.7 Å². The highest BCUT2D eigenvalue weighted by Gasteiger charge is 2.28. The van der Waals surface area contributed by atoms with Crippen LogP contribution in [0.5, 0.6) is 0 Å². The smallest absolute Gasteiger partial charge is 0.320 e. The van der Waals surface area contributed by atoms with E-state index < -0.39 is 5.91 Å². The summed E-state index contributed by atoms with van der Waals surface area (Å²) < 4.78 is 0. The first-order valence-electron chi connectivity index (χ1n) is 4.99. The van der Waals surface area contributed by atoms with Crippen LogP contribution in [0.2, 0.25) is 0 Å². The monoisotopic (exact) mass is 214 g/mol. The Hall–Kier alpha value is -1.30. The van der Waals surface area contributed by atoms with E-state index in [0.717, 1.165) is 19.5 Å². The third-order valence-corrected chi connectivity index (χ3v) is 2.43. The van der Waals surface area contributed by atoms with E-state index in [1.54, 1.807) is 14.1 Å². The average molecular weight is 214 g/mol. The molecule has 86 valence electrons. The quantitative estimate of drug-likeness (QED) is 0.620. The number of hydrogen-bond donors (Lipinski definition) is 2. The molecule has 1 saturated heterocycles. The molecule has 0 aromatic heterocycles. The number of primary amides is 1. The van der Waals surface area contributed by atoms with Crippen LogP contribution in [0, 0.1) is 0 Å². The average Bonchev–Trinajstić information content (AvgIpc) is 2.65. The fourth-order valence-corrected chi connectivity index (χ4v) is 1.68. The highest BCUT2D eigenvalue weighted by Crippen LogP contribution is 2.09. The molecule has 3 amide bonds. The van der Waals surface area contributed by atoms with Crippen LogP contribution in [0.3, 0.4) is 0 Å². The summed E-state index contributed by atoms with van der Waals surface area (Å²) in [5, 5.41) is 3.16. The van der Waals surface area contributed by atoms with Crippen molar-refractivity contribution in [3.05, 3.63) is 0 Å². The number of urea groups is 1. The minimum atomic E-state index is -0.475. The van der Waals surface area contributed by atoms with Crippen molar-refractivity contribution in [2.75, 3.05) is 33.7 Å². The van der Waals surface area contributed by atoms with Gasteiger partial charge in [0.15, 0.2) is 0 Å². The molecule has 0 bridgehead atoms. The molecule has 0 spiro atoms. The van der Waals surface area contributed by atoms with Crippen molar-refractivity contribution in [1.82, 2.24) is 15.1 Å². The molecule has 1 heterocycles. The van der Waals surface area contributed by atoms with Crippen molar-refractivity contribution < 1.29 is 9.59 Å². The summed E-state index contributed by atoms with van der Waals surface area (Å²) in [6.07, 6.45) is 0.868. The van der Waals surface area contributed by atoms with Crippen LogP contribution in [-0.2, 0) is 4.79 Å². The van der Waals surface area contributed by atoms with Crippen molar-refractivity contribution in [3.63, 3.8) is 0 Å². The number of amides is 3. The first-order valence-corrected chi connectivity index (χ1v) is 4.99. The lowest BCUT2D eigenvalue weighted by Crippen LogP contribution is -2.50. The van der Waals surface area contributed by atoms with Crippen molar-refractivity contribution >= 4 is 11.9 Å². The van der Waals surface area contributed by atoms with Gasteiger partial charge in [-0.2, -0.15) is 0 Å². The molecule has 1 rings (SSSR count). The minimum absolute atomic E-state index is 0.0106. The summed E-state index contributed by atoms with van der Waals surface area (Å²) in [6, 6.07) is -0.0881. The summed E-state index contributed by atoms with van der Waals surface area (Å²) >= 11 is 0. The molecule has 1 fully saturated rings. The predicted molar refractivity (Wildman–Crippen MR) is 56.3 cm³/mol. The van der Waals surface area contributed by atoms with E-state index in [-0.39, 0.29) is 18.6 Å². The zero-order valence-corrected chi connectivity index (χ0v) is 9.19. The van der Waals surface area contributed by atoms with Crippen molar-refractivity contribution in [2.45, 2.75) is 12.5 Å². The Morgan fingerprint density at radius 2 is 2.13 bits per heavy atom. The van der Waals surface area contributed by atoms with Crippen LogP contribution >= 0.6 is 0 Å². The lowest BCUT2D eigenvalue weighted by Gasteiger charge is -2.29. The molecule has 1 aliphatic heterocycles. The Kier molecular flexibility index (Phi) is 3.90. The van der Waals surface area contributed by atoms with E-state index in [1.165, 1.54) is 9.80 Å². The summed E-state index contributed by atoms with van der Waals surface area (Å²) in [7, 11) is 3.33. The second-order valence-corrected chi connectivity index (χ2v) is 3.92. The van der Waals surface area contributed by atoms with Gasteiger partial charge in [-0.3, -0.25) is 4.79 Å². The molecule has 1 atom stereocenters. The Morgan fingerprint density at radius 3 is 2.53 bits per heavy atom. The van der Waals surface area contributed by atoms with E-state index in [0.29, 0.717) is 0 Å². The van der Waals surface area contributed by atoms with Gasteiger partial charge in [0.1, 0.15) is 6.54 Å². The van der Waals surface area contributed by atoms with Gasteiger partial charge >= 0.3 is 6.03 Å². The molecule has 0 aromatic carbocycles. The molecular formula is C9H18N4O2. The van der Waals surface area contributed by atoms with Gasteiger partial charge in [-0.1, -0.05) is 0 Å². The zero-order chi connectivity index (χ0) is 11.4. The normalized spacial score (nSPS) is 20.0. The van der Waals surface area contributed by atoms with E-state index in [4.69, 9.17) is 5.73 Å². The number of carbonyl (C=O) groups is 2. The Morgan fingerprint density at radius 1 is 1.47 bits per heavy atom. The third-order valence-electron chi connectivity index (χ3n) is 2.43. The number of nitrogens with two attached hydrogens (primary N) is 1. The van der Waals surface area contributed by atoms with Gasteiger partial charge in [0.2, 0.25) is 5.91 Å². The zero-order valence-electron chi connectivity index (χ0n) is 9.19. The van der Waals surface area contributed by atoms with E-state index in [9.17, 15) is 9.59 Å². The van der Waals surface area contributed by atoms with Crippen molar-refractivity contribution in [2.24, 2.45) is 5.73 Å². The number of hydrogen-bond acceptors (Lipinski definition) is 3. The van der Waals surface area contributed by atoms with E-state index in [1.807, 2.05) is 0 Å². The predicted octanol–water partition coefficient (Wildman–Crippen LogP) is -1.18. The van der Waals surface area contributed by atoms with E-state index in [2.05, 4.69) is 5.32 Å². The van der Waals surface area contributed by atoms with Gasteiger partial charge in [0.25, 0.3) is 0 Å². The first kappa shape index (κ1) is 11.8. The van der Waals surface area contributed by atoms with Crippen LogP contribution in [0.4, 0.5) is 4.79 Å². The number of nitrogens with one attached hydrogen (secondary N) is 1. The van der Waals surface area contributed by atoms with Gasteiger partial charge in [-0.15, -0.1) is 0 Å². The number of nitrogens with zero attached hydrogens (tertiary/aromatic N) is 2. The summed E-state index contributed by atoms with van der Waals surface area (Å²) in [5.41, 5.74) is 5.13. The molecular weight excluding hydrogens is 196 g/mol. The molecule has 1 aliphatic rings. The molecule has 0 radical (unpaired) electrons. The van der Waals surface area contributed by atoms with Crippen molar-refractivity contribution in [3.8, 4) is 0 Å². The van der Waals surface area contributed by atoms with Crippen LogP contribution < -0.4 is 11.1 Å². The van der Waals surface area contributed by atoms with Crippen LogP contribution in [0.25, 0.3) is 0 Å². The lowest BCUT2D eigenvalue weighted by atomic mass is 10.2. The maximum Gasteiger partial charge on any atom is 0.320 e. The maximum atomic E-state index is 11.8. The largest absolute Gasteiger partial charge is 0.368 e. The standard InChI is InChI=1S/C9H18N4O2/c1-12(2)9(15)13(6-8(10)14)7-3-4-11-5-7/h7,11H,3-6H2,1-2H3,(H2,10,14). The topological polar surface area (TPSA) is 78.7 Å². The van der Waals surface area contributed by atoms with Crippen LogP contribution in [0.15, 0.2) is 0 Å². The van der Waals surface area contributed by atoms with E-state index >= 15 is 0 Å². The fraction of sp³-hybridized carbons (Fsp3) is 0.778. The van der Waals surface area contributed by atoms with Crippen molar-refractivity contribution in [1.29, 1.82) is 0 Å². The highest BCUT2D eigenvalue weighted by atomic mass is 16.2. The summed E-state index contributed by atoms with van der Waals surface area (Å²) in [5.74, 6) is -0.475. The summed E-state index contributed by atoms with van der Waals surface area (Å²) in [6.45, 7) is 1.59. The molecule has 0 aliphatic carbocycles. The molecule has 15 heavy (non-hydrogen) atoms. The van der Waals surface area contributed by atoms with Gasteiger partial charge in [-0.25, -0.2) is 4.79 Å². The molecule has 6 nitrogen and oxygen atoms in total. The first-order chi connectivity index (χ1) is 7.02. The Labute approximate surface area is 89.4 Å². The number of carbonyl (C=O) groups excluding carboxylic acids is 2. The van der Waals surface area contributed by atoms with Crippen LogP contribution in [0.1, 0.15) is 6.42 Å². The molecule has 3 N–H and O–H groups in total. The fourth-order valence-electron chi connectivity index (χ4n) is 1.68. The van der Waals surface area contributed by atoms with Gasteiger partial charge < -0.3 is 20.9 Å². The highest BCUT2D eigenvalue weighted by molar-refractivity contribution is 5.83. The second kappa shape index (κ2) is 4.97. The third kappa shape index (κ3) is 3.09. The van der Waals surface area contributed by atoms with Crippen LogP contribution in [-0.4, -0.2) is 61.5 Å². The molecule has 1 unspecified atom stereocenters. The SMILES string of the molecule is CN(C)C(=O)N(CC(N)=O)C1CCNC1. The Balaban J connectivity index is 2.67. The lowest BCUT2D eigenvalue weighted by molar-refractivity contribution is -0.119. The number of rotatable bonds is 3. The van der Waals surface area contributed by atoms with Gasteiger partial charge in [-0.05, 0) is 13.0 Å². The second-order valence-electron chi connectivity index (χ2n) is 3.92. The summed E-state index contributed by atoms with van der Waals surface area (Å²) in [4.78, 5) is 25.7. The Bertz CT molecular complexity index is 248. The molecule has 0 saturated carbocycles. The van der Waals surface area contributed by atoms with Gasteiger partial charge in [0.05, 0.1) is 0 Å². The molecule has 6 heteroatoms. The molecule has 0 aromatic rings.